The highest BCUT2D eigenvalue weighted by Gasteiger charge is 2.31. The lowest BCUT2D eigenvalue weighted by atomic mass is 9.88. The van der Waals surface area contributed by atoms with Gasteiger partial charge < -0.3 is 24.7 Å². The van der Waals surface area contributed by atoms with Crippen molar-refractivity contribution in [1.29, 1.82) is 0 Å². The van der Waals surface area contributed by atoms with Crippen LogP contribution in [0.2, 0.25) is 0 Å². The quantitative estimate of drug-likeness (QED) is 0.214. The monoisotopic (exact) mass is 539 g/mol. The fourth-order valence-corrected chi connectivity index (χ4v) is 4.76. The van der Waals surface area contributed by atoms with Crippen LogP contribution in [0.4, 0.5) is 0 Å². The summed E-state index contributed by atoms with van der Waals surface area (Å²) < 4.78 is 10.2. The second-order valence-electron chi connectivity index (χ2n) is 10.1. The van der Waals surface area contributed by atoms with Crippen molar-refractivity contribution in [3.05, 3.63) is 42.1 Å². The molecule has 0 spiro atoms. The van der Waals surface area contributed by atoms with Crippen LogP contribution in [0.3, 0.4) is 0 Å². The molecule has 0 saturated carbocycles. The maximum absolute atomic E-state index is 13.5. The van der Waals surface area contributed by atoms with Crippen LogP contribution in [0.15, 0.2) is 36.4 Å². The van der Waals surface area contributed by atoms with Gasteiger partial charge in [0.25, 0.3) is 0 Å². The average molecular weight is 540 g/mol. The van der Waals surface area contributed by atoms with Crippen LogP contribution in [0.1, 0.15) is 50.5 Å². The van der Waals surface area contributed by atoms with E-state index >= 15 is 0 Å². The van der Waals surface area contributed by atoms with Crippen molar-refractivity contribution >= 4 is 40.3 Å². The van der Waals surface area contributed by atoms with Gasteiger partial charge in [0.1, 0.15) is 5.75 Å². The number of aromatic amines is 1. The van der Waals surface area contributed by atoms with E-state index in [4.69, 9.17) is 9.47 Å². The molecule has 0 unspecified atom stereocenters. The van der Waals surface area contributed by atoms with Gasteiger partial charge in [-0.2, -0.15) is 0 Å². The molecule has 1 aliphatic heterocycles. The number of hydrogen-bond donors (Lipinski definition) is 2. The van der Waals surface area contributed by atoms with E-state index in [-0.39, 0.29) is 49.5 Å². The number of benzene rings is 1. The number of rotatable bonds is 14. The summed E-state index contributed by atoms with van der Waals surface area (Å²) in [5.74, 6) is -2.25. The summed E-state index contributed by atoms with van der Waals surface area (Å²) in [6, 6.07) is 7.20. The number of esters is 1. The molecule has 3 rings (SSSR count). The maximum atomic E-state index is 13.5. The van der Waals surface area contributed by atoms with Gasteiger partial charge in [-0.15, -0.1) is 0 Å². The first-order chi connectivity index (χ1) is 18.6. The van der Waals surface area contributed by atoms with Crippen LogP contribution < -0.4 is 10.1 Å². The van der Waals surface area contributed by atoms with Crippen LogP contribution in [0.5, 0.6) is 5.75 Å². The lowest BCUT2D eigenvalue weighted by Gasteiger charge is -2.26. The minimum Gasteiger partial charge on any atom is -0.496 e. The zero-order chi connectivity index (χ0) is 28.5. The lowest BCUT2D eigenvalue weighted by molar-refractivity contribution is -0.138. The molecule has 1 aromatic carbocycles. The highest BCUT2D eigenvalue weighted by atomic mass is 16.5. The Morgan fingerprint density at radius 2 is 1.95 bits per heavy atom. The summed E-state index contributed by atoms with van der Waals surface area (Å²) in [6.07, 6.45) is 3.03. The number of Topliss-reactive ketones (excluding diaryl/α,β-unsaturated/α-hetero) is 2. The number of fused-ring (bicyclic) bond motifs is 1. The normalized spacial score (nSPS) is 15.9. The van der Waals surface area contributed by atoms with Gasteiger partial charge in [-0.05, 0) is 43.9 Å². The Hall–Kier alpha value is -3.95. The van der Waals surface area contributed by atoms with Crippen LogP contribution in [0, 0.1) is 17.8 Å². The first-order valence-corrected chi connectivity index (χ1v) is 13.3. The molecule has 10 heteroatoms. The largest absolute Gasteiger partial charge is 0.496 e. The summed E-state index contributed by atoms with van der Waals surface area (Å²) in [4.78, 5) is 68.1. The maximum Gasteiger partial charge on any atom is 0.330 e. The molecule has 0 radical (unpaired) electrons. The topological polar surface area (TPSA) is 135 Å². The molecule has 2 heterocycles. The van der Waals surface area contributed by atoms with Crippen molar-refractivity contribution in [2.75, 3.05) is 33.4 Å². The van der Waals surface area contributed by atoms with Crippen LogP contribution >= 0.6 is 0 Å². The van der Waals surface area contributed by atoms with Gasteiger partial charge in [0.15, 0.2) is 11.6 Å². The first kappa shape index (κ1) is 29.6. The van der Waals surface area contributed by atoms with Gasteiger partial charge in [0, 0.05) is 48.5 Å². The Morgan fingerprint density at radius 3 is 2.59 bits per heavy atom. The Balaban J connectivity index is 1.79. The number of nitrogens with one attached hydrogen (secondary N) is 2. The standard InChI is InChI=1S/C29H37N3O7/c1-5-39-28(36)10-9-27(35)32(16-19-11-12-30-29(19)37)17-25(34)20(13-18(2)3)14-24(33)23-15-21-22(31-23)7-6-8-26(21)38-4/h6-10,15,18-20,31H,5,11-14,16-17H2,1-4H3,(H,30,37)/b10-9+/t19-,20+/m0/s1. The van der Waals surface area contributed by atoms with E-state index in [0.717, 1.165) is 23.1 Å². The summed E-state index contributed by atoms with van der Waals surface area (Å²) in [5.41, 5.74) is 1.13. The van der Waals surface area contributed by atoms with E-state index in [9.17, 15) is 24.0 Å². The molecule has 2 amide bonds. The van der Waals surface area contributed by atoms with Crippen LogP contribution in [0.25, 0.3) is 10.9 Å². The van der Waals surface area contributed by atoms with E-state index in [1.165, 1.54) is 4.90 Å². The Labute approximate surface area is 228 Å². The Morgan fingerprint density at radius 1 is 1.18 bits per heavy atom. The van der Waals surface area contributed by atoms with Crippen molar-refractivity contribution in [3.63, 3.8) is 0 Å². The van der Waals surface area contributed by atoms with Gasteiger partial charge in [0.05, 0.1) is 31.9 Å². The summed E-state index contributed by atoms with van der Waals surface area (Å²) in [7, 11) is 1.56. The summed E-state index contributed by atoms with van der Waals surface area (Å²) >= 11 is 0. The van der Waals surface area contributed by atoms with Gasteiger partial charge in [-0.1, -0.05) is 19.9 Å². The van der Waals surface area contributed by atoms with Crippen LogP contribution in [-0.4, -0.2) is 72.6 Å². The molecular weight excluding hydrogens is 502 g/mol. The molecule has 39 heavy (non-hydrogen) atoms. The number of carbonyl (C=O) groups excluding carboxylic acids is 5. The highest BCUT2D eigenvalue weighted by Crippen LogP contribution is 2.28. The number of methoxy groups -OCH3 is 1. The predicted octanol–water partition coefficient (Wildman–Crippen LogP) is 3.06. The zero-order valence-electron chi connectivity index (χ0n) is 23.0. The molecule has 2 N–H and O–H groups in total. The number of amides is 2. The van der Waals surface area contributed by atoms with Crippen LogP contribution in [-0.2, 0) is 23.9 Å². The SMILES string of the molecule is CCOC(=O)/C=C/C(=O)N(CC(=O)[C@@H](CC(=O)c1cc2c(OC)cccc2[nH]1)CC(C)C)C[C@@H]1CCNC1=O. The fraction of sp³-hybridized carbons (Fsp3) is 0.483. The van der Waals surface area contributed by atoms with Crippen molar-refractivity contribution in [1.82, 2.24) is 15.2 Å². The van der Waals surface area contributed by atoms with Crippen molar-refractivity contribution in [3.8, 4) is 5.75 Å². The highest BCUT2D eigenvalue weighted by molar-refractivity contribution is 6.03. The minimum atomic E-state index is -0.672. The smallest absolute Gasteiger partial charge is 0.330 e. The van der Waals surface area contributed by atoms with Gasteiger partial charge in [-0.25, -0.2) is 4.79 Å². The third-order valence-electron chi connectivity index (χ3n) is 6.70. The van der Waals surface area contributed by atoms with E-state index in [0.29, 0.717) is 30.8 Å². The molecule has 210 valence electrons. The second-order valence-corrected chi connectivity index (χ2v) is 10.1. The molecule has 0 bridgehead atoms. The molecule has 1 fully saturated rings. The molecule has 1 aliphatic rings. The number of ether oxygens (including phenoxy) is 2. The third kappa shape index (κ3) is 8.02. The number of nitrogens with zero attached hydrogens (tertiary/aromatic N) is 1. The number of ketones is 2. The lowest BCUT2D eigenvalue weighted by Crippen LogP contribution is -2.42. The van der Waals surface area contributed by atoms with Gasteiger partial charge in [-0.3, -0.25) is 19.2 Å². The van der Waals surface area contributed by atoms with E-state index < -0.39 is 23.7 Å². The number of H-pyrrole nitrogens is 1. The van der Waals surface area contributed by atoms with Crippen molar-refractivity contribution in [2.24, 2.45) is 17.8 Å². The predicted molar refractivity (Wildman–Crippen MR) is 145 cm³/mol. The average Bonchev–Trinajstić information content (AvgIpc) is 3.52. The third-order valence-corrected chi connectivity index (χ3v) is 6.70. The fourth-order valence-electron chi connectivity index (χ4n) is 4.76. The molecule has 2 atom stereocenters. The van der Waals surface area contributed by atoms with E-state index in [1.807, 2.05) is 32.0 Å². The molecule has 0 aliphatic carbocycles. The Bertz CT molecular complexity index is 1250. The molecule has 2 aromatic rings. The van der Waals surface area contributed by atoms with Gasteiger partial charge >= 0.3 is 5.97 Å². The molecule has 10 nitrogen and oxygen atoms in total. The Kier molecular flexibility index (Phi) is 10.4. The first-order valence-electron chi connectivity index (χ1n) is 13.3. The molecule has 1 saturated heterocycles. The summed E-state index contributed by atoms with van der Waals surface area (Å²) in [5, 5.41) is 3.51. The van der Waals surface area contributed by atoms with E-state index in [2.05, 4.69) is 10.3 Å². The number of carbonyl (C=O) groups is 5. The molecular formula is C29H37N3O7. The minimum absolute atomic E-state index is 0.0310. The molecule has 1 aromatic heterocycles. The second kappa shape index (κ2) is 13.7. The summed E-state index contributed by atoms with van der Waals surface area (Å²) in [6.45, 7) is 6.00. The van der Waals surface area contributed by atoms with Crippen molar-refractivity contribution < 1.29 is 33.4 Å². The van der Waals surface area contributed by atoms with Gasteiger partial charge in [0.2, 0.25) is 11.8 Å². The van der Waals surface area contributed by atoms with Crippen molar-refractivity contribution in [2.45, 2.75) is 40.0 Å². The number of hydrogen-bond acceptors (Lipinski definition) is 7. The van der Waals surface area contributed by atoms with E-state index in [1.54, 1.807) is 20.1 Å². The number of aromatic nitrogens is 1. The zero-order valence-corrected chi connectivity index (χ0v) is 23.0.